The predicted octanol–water partition coefficient (Wildman–Crippen LogP) is -1.18. The van der Waals surface area contributed by atoms with Crippen LogP contribution in [0.3, 0.4) is 0 Å². The number of pyridine rings is 1. The maximum Gasteiger partial charge on any atom is 0.472 e. The molecule has 1 aromatic rings. The topological polar surface area (TPSA) is 82.5 Å². The van der Waals surface area contributed by atoms with Crippen molar-refractivity contribution < 1.29 is 14.8 Å². The number of aromatic nitrogens is 1. The van der Waals surface area contributed by atoms with Crippen molar-refractivity contribution in [1.82, 2.24) is 10.3 Å². The van der Waals surface area contributed by atoms with Crippen molar-refractivity contribution in [2.45, 2.75) is 0 Å². The van der Waals surface area contributed by atoms with E-state index in [1.807, 2.05) is 0 Å². The summed E-state index contributed by atoms with van der Waals surface area (Å²) < 4.78 is 0. The lowest BCUT2D eigenvalue weighted by Gasteiger charge is -2.02. The second-order valence-electron chi connectivity index (χ2n) is 2.43. The summed E-state index contributed by atoms with van der Waals surface area (Å²) in [4.78, 5) is 14.9. The zero-order valence-electron chi connectivity index (χ0n) is 6.84. The molecule has 0 fully saturated rings. The highest BCUT2D eigenvalue weighted by molar-refractivity contribution is 6.41. The maximum atomic E-state index is 11.2. The lowest BCUT2D eigenvalue weighted by molar-refractivity contribution is 0.0956. The van der Waals surface area contributed by atoms with Crippen LogP contribution >= 0.6 is 0 Å². The molecule has 0 aromatic carbocycles. The lowest BCUT2D eigenvalue weighted by atomic mass is 9.92. The van der Waals surface area contributed by atoms with Crippen LogP contribution in [0.2, 0.25) is 0 Å². The molecule has 13 heavy (non-hydrogen) atoms. The Kier molecular flexibility index (Phi) is 3.42. The zero-order valence-corrected chi connectivity index (χ0v) is 6.84. The Morgan fingerprint density at radius 1 is 1.62 bits per heavy atom. The molecule has 0 atom stereocenters. The SMILES string of the molecule is O=C(NCB(O)O)c1cccnc1. The summed E-state index contributed by atoms with van der Waals surface area (Å²) in [6.45, 7) is 0. The summed E-state index contributed by atoms with van der Waals surface area (Å²) in [5, 5.41) is 19.3. The molecule has 0 saturated carbocycles. The molecule has 68 valence electrons. The predicted molar refractivity (Wildman–Crippen MR) is 46.8 cm³/mol. The van der Waals surface area contributed by atoms with Crippen LogP contribution in [0.15, 0.2) is 24.5 Å². The Balaban J connectivity index is 2.50. The smallest absolute Gasteiger partial charge is 0.426 e. The van der Waals surface area contributed by atoms with Gasteiger partial charge in [0.05, 0.1) is 12.0 Å². The van der Waals surface area contributed by atoms with Gasteiger partial charge in [0.25, 0.3) is 5.91 Å². The molecule has 5 nitrogen and oxygen atoms in total. The molecule has 6 heteroatoms. The first-order valence-corrected chi connectivity index (χ1v) is 3.74. The van der Waals surface area contributed by atoms with Crippen molar-refractivity contribution in [3.63, 3.8) is 0 Å². The molecule has 1 amide bonds. The van der Waals surface area contributed by atoms with E-state index in [-0.39, 0.29) is 12.4 Å². The van der Waals surface area contributed by atoms with Crippen LogP contribution in [0.1, 0.15) is 10.4 Å². The third kappa shape index (κ3) is 3.22. The van der Waals surface area contributed by atoms with Gasteiger partial charge in [0, 0.05) is 12.4 Å². The highest BCUT2D eigenvalue weighted by atomic mass is 16.4. The van der Waals surface area contributed by atoms with Gasteiger partial charge in [-0.3, -0.25) is 9.78 Å². The molecule has 3 N–H and O–H groups in total. The van der Waals surface area contributed by atoms with Gasteiger partial charge in [0.15, 0.2) is 0 Å². The molecule has 1 heterocycles. The standard InChI is InChI=1S/C7H9BN2O3/c11-7(10-5-8(12)13)6-2-1-3-9-4-6/h1-4,12-13H,5H2,(H,10,11). The molecular weight excluding hydrogens is 171 g/mol. The minimum atomic E-state index is -1.53. The molecule has 0 saturated heterocycles. The first kappa shape index (κ1) is 9.69. The summed E-state index contributed by atoms with van der Waals surface area (Å²) in [5.41, 5.74) is 0.392. The Labute approximate surface area is 75.6 Å². The third-order valence-electron chi connectivity index (χ3n) is 1.37. The Bertz CT molecular complexity index is 278. The van der Waals surface area contributed by atoms with Gasteiger partial charge in [0.1, 0.15) is 0 Å². The molecule has 0 aliphatic rings. The molecule has 0 bridgehead atoms. The van der Waals surface area contributed by atoms with E-state index in [4.69, 9.17) is 10.0 Å². The Morgan fingerprint density at radius 2 is 2.38 bits per heavy atom. The molecule has 0 unspecified atom stereocenters. The Hall–Kier alpha value is -1.40. The average molecular weight is 180 g/mol. The van der Waals surface area contributed by atoms with E-state index >= 15 is 0 Å². The van der Waals surface area contributed by atoms with E-state index < -0.39 is 7.12 Å². The van der Waals surface area contributed by atoms with Gasteiger partial charge in [0.2, 0.25) is 0 Å². The molecule has 1 aromatic heterocycles. The first-order valence-electron chi connectivity index (χ1n) is 3.74. The highest BCUT2D eigenvalue weighted by Gasteiger charge is 2.10. The van der Waals surface area contributed by atoms with Crippen LogP contribution in [-0.2, 0) is 0 Å². The van der Waals surface area contributed by atoms with Crippen LogP contribution in [0.4, 0.5) is 0 Å². The fourth-order valence-electron chi connectivity index (χ4n) is 0.783. The molecular formula is C7H9BN2O3. The van der Waals surface area contributed by atoms with Crippen molar-refractivity contribution in [3.8, 4) is 0 Å². The zero-order chi connectivity index (χ0) is 9.68. The van der Waals surface area contributed by atoms with Crippen molar-refractivity contribution in [1.29, 1.82) is 0 Å². The lowest BCUT2D eigenvalue weighted by Crippen LogP contribution is -2.34. The monoisotopic (exact) mass is 180 g/mol. The van der Waals surface area contributed by atoms with Gasteiger partial charge >= 0.3 is 7.12 Å². The number of rotatable bonds is 3. The van der Waals surface area contributed by atoms with Crippen LogP contribution < -0.4 is 5.32 Å². The minimum Gasteiger partial charge on any atom is -0.426 e. The second-order valence-corrected chi connectivity index (χ2v) is 2.43. The largest absolute Gasteiger partial charge is 0.472 e. The highest BCUT2D eigenvalue weighted by Crippen LogP contribution is 1.94. The second kappa shape index (κ2) is 4.59. The molecule has 0 aliphatic carbocycles. The number of hydrogen-bond acceptors (Lipinski definition) is 4. The van der Waals surface area contributed by atoms with E-state index in [9.17, 15) is 4.79 Å². The summed E-state index contributed by atoms with van der Waals surface area (Å²) in [5.74, 6) is -0.374. The summed E-state index contributed by atoms with van der Waals surface area (Å²) in [6, 6.07) is 3.22. The molecule has 0 aliphatic heterocycles. The Morgan fingerprint density at radius 3 is 2.92 bits per heavy atom. The number of carbonyl (C=O) groups excluding carboxylic acids is 1. The van der Waals surface area contributed by atoms with E-state index in [0.29, 0.717) is 5.56 Å². The van der Waals surface area contributed by atoms with Gasteiger partial charge in [-0.25, -0.2) is 0 Å². The number of nitrogens with one attached hydrogen (secondary N) is 1. The van der Waals surface area contributed by atoms with Gasteiger partial charge < -0.3 is 15.4 Å². The van der Waals surface area contributed by atoms with Gasteiger partial charge in [-0.1, -0.05) is 0 Å². The minimum absolute atomic E-state index is 0.187. The van der Waals surface area contributed by atoms with E-state index in [1.165, 1.54) is 6.20 Å². The normalized spacial score (nSPS) is 9.38. The third-order valence-corrected chi connectivity index (χ3v) is 1.37. The summed E-state index contributed by atoms with van der Waals surface area (Å²) >= 11 is 0. The average Bonchev–Trinajstić information content (AvgIpc) is 2.15. The fraction of sp³-hybridized carbons (Fsp3) is 0.143. The van der Waals surface area contributed by atoms with Gasteiger partial charge in [-0.2, -0.15) is 0 Å². The van der Waals surface area contributed by atoms with Crippen molar-refractivity contribution in [2.75, 3.05) is 6.44 Å². The van der Waals surface area contributed by atoms with Crippen LogP contribution in [0.5, 0.6) is 0 Å². The number of carbonyl (C=O) groups is 1. The first-order chi connectivity index (χ1) is 6.20. The fourth-order valence-corrected chi connectivity index (χ4v) is 0.783. The molecule has 1 rings (SSSR count). The molecule has 0 radical (unpaired) electrons. The summed E-state index contributed by atoms with van der Waals surface area (Å²) in [7, 11) is -1.53. The van der Waals surface area contributed by atoms with Gasteiger partial charge in [-0.15, -0.1) is 0 Å². The van der Waals surface area contributed by atoms with E-state index in [2.05, 4.69) is 10.3 Å². The number of hydrogen-bond donors (Lipinski definition) is 3. The van der Waals surface area contributed by atoms with Crippen LogP contribution in [0.25, 0.3) is 0 Å². The van der Waals surface area contributed by atoms with Gasteiger partial charge in [-0.05, 0) is 12.1 Å². The molecule has 0 spiro atoms. The van der Waals surface area contributed by atoms with Crippen LogP contribution in [-0.4, -0.2) is 34.5 Å². The van der Waals surface area contributed by atoms with E-state index in [1.54, 1.807) is 18.3 Å². The maximum absolute atomic E-state index is 11.2. The van der Waals surface area contributed by atoms with Crippen molar-refractivity contribution in [3.05, 3.63) is 30.1 Å². The van der Waals surface area contributed by atoms with E-state index in [0.717, 1.165) is 0 Å². The number of amides is 1. The number of nitrogens with zero attached hydrogens (tertiary/aromatic N) is 1. The quantitative estimate of drug-likeness (QED) is 0.511. The summed E-state index contributed by atoms with van der Waals surface area (Å²) in [6.07, 6.45) is 2.77. The van der Waals surface area contributed by atoms with Crippen LogP contribution in [0, 0.1) is 0 Å². The van der Waals surface area contributed by atoms with Crippen molar-refractivity contribution >= 4 is 13.0 Å². The van der Waals surface area contributed by atoms with Crippen molar-refractivity contribution in [2.24, 2.45) is 0 Å².